The molecule has 6 nitrogen and oxygen atoms in total. The van der Waals surface area contributed by atoms with Gasteiger partial charge in [0.1, 0.15) is 0 Å². The Morgan fingerprint density at radius 3 is 2.24 bits per heavy atom. The molecule has 2 aliphatic rings. The number of hydrogen-bond donors (Lipinski definition) is 2. The van der Waals surface area contributed by atoms with Crippen molar-refractivity contribution in [2.24, 2.45) is 4.99 Å². The van der Waals surface area contributed by atoms with Gasteiger partial charge in [0.05, 0.1) is 19.8 Å². The average Bonchev–Trinajstić information content (AvgIpc) is 2.86. The summed E-state index contributed by atoms with van der Waals surface area (Å²) in [7, 11) is 0. The highest BCUT2D eigenvalue weighted by Crippen LogP contribution is 2.16. The molecule has 0 aromatic heterocycles. The van der Waals surface area contributed by atoms with Gasteiger partial charge in [-0.3, -0.25) is 9.80 Å². The van der Waals surface area contributed by atoms with Crippen molar-refractivity contribution >= 4 is 29.9 Å². The van der Waals surface area contributed by atoms with Crippen molar-refractivity contribution in [1.82, 2.24) is 20.4 Å². The van der Waals surface area contributed by atoms with Crippen LogP contribution < -0.4 is 10.6 Å². The summed E-state index contributed by atoms with van der Waals surface area (Å²) in [6.45, 7) is 11.6. The average molecular weight is 578 g/mol. The van der Waals surface area contributed by atoms with Crippen molar-refractivity contribution in [2.75, 3.05) is 45.9 Å². The van der Waals surface area contributed by atoms with Crippen LogP contribution in [0, 0.1) is 0 Å². The maximum Gasteiger partial charge on any atom is 0.191 e. The van der Waals surface area contributed by atoms with Crippen LogP contribution in [0.3, 0.4) is 0 Å². The summed E-state index contributed by atoms with van der Waals surface area (Å²) < 4.78 is 5.50. The smallest absolute Gasteiger partial charge is 0.191 e. The molecular formula is C27H40IN5O. The van der Waals surface area contributed by atoms with Crippen LogP contribution in [-0.4, -0.2) is 67.7 Å². The Morgan fingerprint density at radius 1 is 0.882 bits per heavy atom. The van der Waals surface area contributed by atoms with Gasteiger partial charge in [0.2, 0.25) is 0 Å². The summed E-state index contributed by atoms with van der Waals surface area (Å²) in [5, 5.41) is 7.15. The van der Waals surface area contributed by atoms with Gasteiger partial charge in [0.15, 0.2) is 5.96 Å². The molecule has 186 valence electrons. The van der Waals surface area contributed by atoms with Gasteiger partial charge >= 0.3 is 0 Å². The first-order chi connectivity index (χ1) is 16.3. The second kappa shape index (κ2) is 14.7. The highest BCUT2D eigenvalue weighted by Gasteiger charge is 2.20. The van der Waals surface area contributed by atoms with Crippen molar-refractivity contribution in [1.29, 1.82) is 0 Å². The largest absolute Gasteiger partial charge is 0.379 e. The number of piperidine rings is 1. The molecule has 0 bridgehead atoms. The monoisotopic (exact) mass is 577 g/mol. The Labute approximate surface area is 222 Å². The van der Waals surface area contributed by atoms with E-state index >= 15 is 0 Å². The first-order valence-electron chi connectivity index (χ1n) is 12.5. The Bertz CT molecular complexity index is 864. The Morgan fingerprint density at radius 2 is 1.53 bits per heavy atom. The SMILES string of the molecule is CCNC(=NCc1ccccc1CN1CCOCC1)NC1CCN(Cc2ccccc2)CC1.I. The normalized spacial score (nSPS) is 18.3. The predicted molar refractivity (Wildman–Crippen MR) is 151 cm³/mol. The van der Waals surface area contributed by atoms with E-state index in [9.17, 15) is 0 Å². The topological polar surface area (TPSA) is 52.1 Å². The number of ether oxygens (including phenoxy) is 1. The molecule has 0 radical (unpaired) electrons. The number of nitrogens with one attached hydrogen (secondary N) is 2. The molecule has 2 heterocycles. The summed E-state index contributed by atoms with van der Waals surface area (Å²) in [5.41, 5.74) is 4.07. The van der Waals surface area contributed by atoms with Crippen LogP contribution >= 0.6 is 24.0 Å². The maximum atomic E-state index is 5.50. The third-order valence-corrected chi connectivity index (χ3v) is 6.55. The molecule has 34 heavy (non-hydrogen) atoms. The number of morpholine rings is 1. The summed E-state index contributed by atoms with van der Waals surface area (Å²) in [5.74, 6) is 0.931. The minimum atomic E-state index is 0. The zero-order valence-electron chi connectivity index (χ0n) is 20.4. The molecule has 0 aliphatic carbocycles. The van der Waals surface area contributed by atoms with Crippen LogP contribution in [0.15, 0.2) is 59.6 Å². The van der Waals surface area contributed by atoms with E-state index < -0.39 is 0 Å². The number of guanidine groups is 1. The van der Waals surface area contributed by atoms with E-state index in [4.69, 9.17) is 9.73 Å². The maximum absolute atomic E-state index is 5.50. The van der Waals surface area contributed by atoms with Gasteiger partial charge in [-0.1, -0.05) is 54.6 Å². The fourth-order valence-electron chi connectivity index (χ4n) is 4.62. The molecule has 2 N–H and O–H groups in total. The highest BCUT2D eigenvalue weighted by atomic mass is 127. The van der Waals surface area contributed by atoms with E-state index in [0.717, 1.165) is 77.8 Å². The minimum Gasteiger partial charge on any atom is -0.379 e. The Kier molecular flexibility index (Phi) is 11.6. The lowest BCUT2D eigenvalue weighted by molar-refractivity contribution is 0.0341. The molecule has 0 saturated carbocycles. The van der Waals surface area contributed by atoms with Gasteiger partial charge in [-0.15, -0.1) is 24.0 Å². The summed E-state index contributed by atoms with van der Waals surface area (Å²) in [4.78, 5) is 9.98. The third kappa shape index (κ3) is 8.52. The number of likely N-dealkylation sites (tertiary alicyclic amines) is 1. The van der Waals surface area contributed by atoms with E-state index in [2.05, 4.69) is 82.0 Å². The van der Waals surface area contributed by atoms with Crippen LogP contribution in [0.1, 0.15) is 36.5 Å². The standard InChI is InChI=1S/C27H39N5O.HI/c1-2-28-27(30-26-12-14-31(15-13-26)21-23-8-4-3-5-9-23)29-20-24-10-6-7-11-25(24)22-32-16-18-33-19-17-32;/h3-11,26H,2,12-22H2,1H3,(H2,28,29,30);1H. The summed E-state index contributed by atoms with van der Waals surface area (Å²) in [6.07, 6.45) is 2.29. The van der Waals surface area contributed by atoms with Crippen LogP contribution in [0.4, 0.5) is 0 Å². The van der Waals surface area contributed by atoms with E-state index in [1.165, 1.54) is 16.7 Å². The second-order valence-corrected chi connectivity index (χ2v) is 9.03. The van der Waals surface area contributed by atoms with E-state index in [1.54, 1.807) is 0 Å². The molecule has 0 amide bonds. The highest BCUT2D eigenvalue weighted by molar-refractivity contribution is 14.0. The van der Waals surface area contributed by atoms with Crippen molar-refractivity contribution in [2.45, 2.75) is 45.4 Å². The molecule has 2 aromatic rings. The molecule has 2 aromatic carbocycles. The van der Waals surface area contributed by atoms with Crippen molar-refractivity contribution in [3.8, 4) is 0 Å². The zero-order chi connectivity index (χ0) is 22.7. The third-order valence-electron chi connectivity index (χ3n) is 6.55. The van der Waals surface area contributed by atoms with Gasteiger partial charge in [-0.2, -0.15) is 0 Å². The number of halogens is 1. The molecule has 2 saturated heterocycles. The molecule has 2 aliphatic heterocycles. The molecule has 0 unspecified atom stereocenters. The van der Waals surface area contributed by atoms with Gasteiger partial charge in [-0.05, 0) is 36.5 Å². The van der Waals surface area contributed by atoms with E-state index in [0.29, 0.717) is 12.6 Å². The molecule has 0 spiro atoms. The second-order valence-electron chi connectivity index (χ2n) is 9.03. The van der Waals surface area contributed by atoms with E-state index in [-0.39, 0.29) is 24.0 Å². The number of hydrogen-bond acceptors (Lipinski definition) is 4. The van der Waals surface area contributed by atoms with Gasteiger partial charge in [-0.25, -0.2) is 4.99 Å². The number of benzene rings is 2. The van der Waals surface area contributed by atoms with E-state index in [1.807, 2.05) is 0 Å². The predicted octanol–water partition coefficient (Wildman–Crippen LogP) is 3.86. The lowest BCUT2D eigenvalue weighted by Gasteiger charge is -2.33. The van der Waals surface area contributed by atoms with Gasteiger partial charge < -0.3 is 15.4 Å². The number of aliphatic imine (C=N–C) groups is 1. The molecular weight excluding hydrogens is 537 g/mol. The molecule has 2 fully saturated rings. The van der Waals surface area contributed by atoms with Crippen molar-refractivity contribution in [3.05, 3.63) is 71.3 Å². The lowest BCUT2D eigenvalue weighted by Crippen LogP contribution is -2.48. The number of rotatable bonds is 8. The Hall–Kier alpha value is -1.68. The van der Waals surface area contributed by atoms with Crippen molar-refractivity contribution < 1.29 is 4.74 Å². The fraction of sp³-hybridized carbons (Fsp3) is 0.519. The molecule has 7 heteroatoms. The first kappa shape index (κ1) is 26.9. The van der Waals surface area contributed by atoms with Crippen LogP contribution in [0.5, 0.6) is 0 Å². The van der Waals surface area contributed by atoms with Crippen LogP contribution in [-0.2, 0) is 24.4 Å². The number of nitrogens with zero attached hydrogens (tertiary/aromatic N) is 3. The van der Waals surface area contributed by atoms with Crippen molar-refractivity contribution in [3.63, 3.8) is 0 Å². The fourth-order valence-corrected chi connectivity index (χ4v) is 4.62. The quantitative estimate of drug-likeness (QED) is 0.284. The van der Waals surface area contributed by atoms with Crippen LogP contribution in [0.2, 0.25) is 0 Å². The molecule has 0 atom stereocenters. The summed E-state index contributed by atoms with van der Waals surface area (Å²) in [6, 6.07) is 20.0. The van der Waals surface area contributed by atoms with Crippen LogP contribution in [0.25, 0.3) is 0 Å². The van der Waals surface area contributed by atoms with Gasteiger partial charge in [0.25, 0.3) is 0 Å². The Balaban J connectivity index is 0.00000324. The summed E-state index contributed by atoms with van der Waals surface area (Å²) >= 11 is 0. The first-order valence-corrected chi connectivity index (χ1v) is 12.5. The molecule has 4 rings (SSSR count). The lowest BCUT2D eigenvalue weighted by atomic mass is 10.0. The zero-order valence-corrected chi connectivity index (χ0v) is 22.7. The minimum absolute atomic E-state index is 0. The van der Waals surface area contributed by atoms with Gasteiger partial charge in [0, 0.05) is 51.9 Å².